The Balaban J connectivity index is 1.26. The average molecular weight is 577 g/mol. The first kappa shape index (κ1) is 27.7. The summed E-state index contributed by atoms with van der Waals surface area (Å²) in [5.41, 5.74) is 2.34. The highest BCUT2D eigenvalue weighted by Gasteiger charge is 2.73. The number of likely N-dealkylation sites (tertiary alicyclic amines) is 1. The second-order valence-corrected chi connectivity index (χ2v) is 12.3. The summed E-state index contributed by atoms with van der Waals surface area (Å²) in [5, 5.41) is 12.9. The minimum absolute atomic E-state index is 0.0890. The maximum absolute atomic E-state index is 13.4. The Bertz CT molecular complexity index is 1630. The van der Waals surface area contributed by atoms with Gasteiger partial charge in [-0.1, -0.05) is 60.5 Å². The number of hydrogen-bond donors (Lipinski definition) is 1. The number of carbonyl (C=O) groups excluding carboxylic acids is 2. The molecular formula is C36H36N2O5. The van der Waals surface area contributed by atoms with E-state index in [0.717, 1.165) is 36.2 Å². The highest BCUT2D eigenvalue weighted by atomic mass is 16.6. The van der Waals surface area contributed by atoms with Gasteiger partial charge in [0.25, 0.3) is 5.91 Å². The highest BCUT2D eigenvalue weighted by Crippen LogP contribution is 2.66. The number of benzene rings is 3. The molecule has 2 bridgehead atoms. The Labute approximate surface area is 252 Å². The number of rotatable bonds is 5. The number of amides is 1. The van der Waals surface area contributed by atoms with Crippen LogP contribution in [0.25, 0.3) is 0 Å². The fraction of sp³-hybridized carbons (Fsp3) is 0.389. The largest absolute Gasteiger partial charge is 0.483 e. The zero-order valence-corrected chi connectivity index (χ0v) is 24.6. The van der Waals surface area contributed by atoms with Crippen LogP contribution in [0.1, 0.15) is 48.4 Å². The SMILES string of the molecule is CC(=O)Oc1ccc2c3c1O[C@H]1[C@H](N(C)C(=O)C#Cc4ccccc4)CC[C@@]4(O)[C@@H](C2)N(CCc2ccccc2)CC[C@]314. The van der Waals surface area contributed by atoms with E-state index in [0.29, 0.717) is 37.2 Å². The highest BCUT2D eigenvalue weighted by molar-refractivity contribution is 5.94. The summed E-state index contributed by atoms with van der Waals surface area (Å²) in [6.45, 7) is 3.03. The third-order valence-corrected chi connectivity index (χ3v) is 10.2. The van der Waals surface area contributed by atoms with Crippen molar-refractivity contribution in [3.05, 3.63) is 95.1 Å². The number of hydrogen-bond acceptors (Lipinski definition) is 6. The van der Waals surface area contributed by atoms with Crippen molar-refractivity contribution < 1.29 is 24.2 Å². The van der Waals surface area contributed by atoms with Crippen molar-refractivity contribution in [2.45, 2.75) is 68.2 Å². The van der Waals surface area contributed by atoms with Crippen LogP contribution < -0.4 is 9.47 Å². The van der Waals surface area contributed by atoms with Crippen LogP contribution in [0.2, 0.25) is 0 Å². The van der Waals surface area contributed by atoms with Crippen LogP contribution in [0.4, 0.5) is 0 Å². The summed E-state index contributed by atoms with van der Waals surface area (Å²) >= 11 is 0. The smallest absolute Gasteiger partial charge is 0.308 e. The molecule has 2 aliphatic heterocycles. The van der Waals surface area contributed by atoms with Crippen molar-refractivity contribution in [1.82, 2.24) is 9.80 Å². The predicted octanol–water partition coefficient (Wildman–Crippen LogP) is 3.89. The van der Waals surface area contributed by atoms with E-state index < -0.39 is 23.1 Å². The third kappa shape index (κ3) is 4.35. The molecule has 2 aliphatic carbocycles. The van der Waals surface area contributed by atoms with Gasteiger partial charge in [0.2, 0.25) is 0 Å². The lowest BCUT2D eigenvalue weighted by molar-refractivity contribution is -0.199. The molecule has 3 aromatic rings. The molecule has 0 aromatic heterocycles. The molecule has 220 valence electrons. The van der Waals surface area contributed by atoms with E-state index >= 15 is 0 Å². The maximum atomic E-state index is 13.4. The van der Waals surface area contributed by atoms with Crippen LogP contribution >= 0.6 is 0 Å². The van der Waals surface area contributed by atoms with E-state index in [1.54, 1.807) is 11.9 Å². The van der Waals surface area contributed by atoms with Crippen molar-refractivity contribution in [2.75, 3.05) is 20.1 Å². The molecule has 0 radical (unpaired) electrons. The van der Waals surface area contributed by atoms with Crippen LogP contribution in [0.15, 0.2) is 72.8 Å². The van der Waals surface area contributed by atoms with Gasteiger partial charge in [0.1, 0.15) is 6.10 Å². The fourth-order valence-electron chi connectivity index (χ4n) is 8.30. The van der Waals surface area contributed by atoms with Crippen LogP contribution in [0.3, 0.4) is 0 Å². The van der Waals surface area contributed by atoms with Crippen LogP contribution in [0.5, 0.6) is 11.5 Å². The topological polar surface area (TPSA) is 79.3 Å². The van der Waals surface area contributed by atoms with Gasteiger partial charge in [-0.3, -0.25) is 14.5 Å². The molecule has 7 heteroatoms. The standard InChI is InChI=1S/C36H36N2O5/c1-24(39)42-29-15-14-27-23-30-36(41)19-17-28(37(2)31(40)16-13-25-9-5-3-6-10-25)34-35(36,32(27)33(29)43-34)20-22-38(30)21-18-26-11-7-4-8-12-26/h3-12,14-15,28,30,34,41H,17-23H2,1-2H3/t28-,30-,34+,35+,36-/m1/s1. The molecule has 4 aliphatic rings. The molecule has 1 amide bonds. The number of aliphatic hydroxyl groups is 1. The molecular weight excluding hydrogens is 540 g/mol. The number of ether oxygens (including phenoxy) is 2. The third-order valence-electron chi connectivity index (χ3n) is 10.2. The number of piperidine rings is 1. The number of nitrogens with zero attached hydrogens (tertiary/aromatic N) is 2. The summed E-state index contributed by atoms with van der Waals surface area (Å²) < 4.78 is 12.4. The lowest BCUT2D eigenvalue weighted by Crippen LogP contribution is -2.78. The summed E-state index contributed by atoms with van der Waals surface area (Å²) in [5.74, 6) is 6.00. The van der Waals surface area contributed by atoms with Gasteiger partial charge >= 0.3 is 5.97 Å². The van der Waals surface area contributed by atoms with Gasteiger partial charge in [0.15, 0.2) is 11.5 Å². The van der Waals surface area contributed by atoms with Crippen LogP contribution in [-0.4, -0.2) is 70.7 Å². The van der Waals surface area contributed by atoms with Gasteiger partial charge in [-0.15, -0.1) is 0 Å². The van der Waals surface area contributed by atoms with Crippen molar-refractivity contribution in [1.29, 1.82) is 0 Å². The summed E-state index contributed by atoms with van der Waals surface area (Å²) in [4.78, 5) is 29.6. The van der Waals surface area contributed by atoms with Crippen molar-refractivity contribution in [3.63, 3.8) is 0 Å². The molecule has 2 heterocycles. The molecule has 43 heavy (non-hydrogen) atoms. The molecule has 7 rings (SSSR count). The molecule has 1 N–H and O–H groups in total. The van der Waals surface area contributed by atoms with Crippen LogP contribution in [0, 0.1) is 11.8 Å². The Morgan fingerprint density at radius 2 is 1.81 bits per heavy atom. The maximum Gasteiger partial charge on any atom is 0.308 e. The van der Waals surface area contributed by atoms with E-state index in [-0.39, 0.29) is 18.0 Å². The Hall–Kier alpha value is -4.12. The van der Waals surface area contributed by atoms with E-state index in [4.69, 9.17) is 9.47 Å². The number of esters is 1. The lowest BCUT2D eigenvalue weighted by atomic mass is 9.48. The van der Waals surface area contributed by atoms with Gasteiger partial charge in [-0.05, 0) is 68.0 Å². The summed E-state index contributed by atoms with van der Waals surface area (Å²) in [6.07, 6.45) is 2.88. The van der Waals surface area contributed by atoms with Gasteiger partial charge < -0.3 is 19.5 Å². The number of carbonyl (C=O) groups is 2. The Morgan fingerprint density at radius 1 is 1.07 bits per heavy atom. The normalized spacial score (nSPS) is 28.1. The molecule has 5 atom stereocenters. The molecule has 2 fully saturated rings. The van der Waals surface area contributed by atoms with E-state index in [1.807, 2.05) is 48.5 Å². The summed E-state index contributed by atoms with van der Waals surface area (Å²) in [7, 11) is 1.78. The Kier molecular flexibility index (Phi) is 6.80. The quantitative estimate of drug-likeness (QED) is 0.282. The second kappa shape index (κ2) is 10.6. The van der Waals surface area contributed by atoms with E-state index in [1.165, 1.54) is 12.5 Å². The first-order valence-electron chi connectivity index (χ1n) is 15.2. The minimum atomic E-state index is -1.06. The van der Waals surface area contributed by atoms with Gasteiger partial charge in [-0.2, -0.15) is 0 Å². The summed E-state index contributed by atoms with van der Waals surface area (Å²) in [6, 6.07) is 23.4. The van der Waals surface area contributed by atoms with Crippen molar-refractivity contribution in [2.24, 2.45) is 0 Å². The second-order valence-electron chi connectivity index (χ2n) is 12.3. The molecule has 1 spiro atoms. The van der Waals surface area contributed by atoms with Crippen molar-refractivity contribution >= 4 is 11.9 Å². The average Bonchev–Trinajstić information content (AvgIpc) is 3.36. The van der Waals surface area contributed by atoms with Gasteiger partial charge in [0.05, 0.1) is 17.1 Å². The van der Waals surface area contributed by atoms with Crippen molar-refractivity contribution in [3.8, 4) is 23.3 Å². The first-order chi connectivity index (χ1) is 20.8. The van der Waals surface area contributed by atoms with E-state index in [9.17, 15) is 14.7 Å². The monoisotopic (exact) mass is 576 g/mol. The van der Waals surface area contributed by atoms with E-state index in [2.05, 4.69) is 41.0 Å². The molecule has 1 saturated heterocycles. The molecule has 1 saturated carbocycles. The Morgan fingerprint density at radius 3 is 2.56 bits per heavy atom. The minimum Gasteiger partial charge on any atom is -0.483 e. The molecule has 7 nitrogen and oxygen atoms in total. The zero-order chi connectivity index (χ0) is 29.8. The first-order valence-corrected chi connectivity index (χ1v) is 15.2. The van der Waals surface area contributed by atoms with Gasteiger partial charge in [0, 0.05) is 43.6 Å². The van der Waals surface area contributed by atoms with Crippen LogP contribution in [-0.2, 0) is 27.8 Å². The lowest BCUT2D eigenvalue weighted by Gasteiger charge is -2.64. The fourth-order valence-corrected chi connectivity index (χ4v) is 8.30. The molecule has 3 aromatic carbocycles. The number of likely N-dealkylation sites (N-methyl/N-ethyl adjacent to an activating group) is 1. The predicted molar refractivity (Wildman–Crippen MR) is 162 cm³/mol. The van der Waals surface area contributed by atoms with Gasteiger partial charge in [-0.25, -0.2) is 0 Å². The molecule has 0 unspecified atom stereocenters. The zero-order valence-electron chi connectivity index (χ0n) is 24.6.